The van der Waals surface area contributed by atoms with Gasteiger partial charge in [0.25, 0.3) is 0 Å². The summed E-state index contributed by atoms with van der Waals surface area (Å²) in [5, 5.41) is 3.57. The maximum atomic E-state index is 12.6. The van der Waals surface area contributed by atoms with Gasteiger partial charge in [-0.15, -0.1) is 0 Å². The molecule has 2 atom stereocenters. The number of nitrogens with zero attached hydrogens (tertiary/aromatic N) is 2. The first-order chi connectivity index (χ1) is 13.7. The molecular formula is C22H27N3O3S. The van der Waals surface area contributed by atoms with E-state index in [0.29, 0.717) is 4.90 Å². The number of likely N-dealkylation sites (tertiary alicyclic amines) is 1. The van der Waals surface area contributed by atoms with Crippen LogP contribution < -0.4 is 5.32 Å². The van der Waals surface area contributed by atoms with Crippen LogP contribution in [0.25, 0.3) is 11.1 Å². The van der Waals surface area contributed by atoms with Crippen molar-refractivity contribution in [2.45, 2.75) is 49.6 Å². The zero-order valence-corrected chi connectivity index (χ0v) is 17.9. The highest BCUT2D eigenvalue weighted by molar-refractivity contribution is 7.91. The van der Waals surface area contributed by atoms with Gasteiger partial charge in [0.05, 0.1) is 22.4 Å². The Morgan fingerprint density at radius 1 is 1.17 bits per heavy atom. The number of benzene rings is 1. The molecule has 3 heterocycles. The van der Waals surface area contributed by atoms with Crippen LogP contribution in [0.4, 0.5) is 0 Å². The summed E-state index contributed by atoms with van der Waals surface area (Å²) in [6, 6.07) is 11.1. The van der Waals surface area contributed by atoms with Crippen LogP contribution in [0.2, 0.25) is 0 Å². The number of rotatable bonds is 4. The minimum Gasteiger partial charge on any atom is -0.344 e. The van der Waals surface area contributed by atoms with E-state index in [1.807, 2.05) is 32.2 Å². The largest absolute Gasteiger partial charge is 0.344 e. The third kappa shape index (κ3) is 3.57. The van der Waals surface area contributed by atoms with Gasteiger partial charge in [0.1, 0.15) is 5.54 Å². The van der Waals surface area contributed by atoms with Gasteiger partial charge < -0.3 is 4.90 Å². The Morgan fingerprint density at radius 3 is 2.52 bits per heavy atom. The molecule has 0 saturated carbocycles. The lowest BCUT2D eigenvalue weighted by Crippen LogP contribution is -2.47. The Labute approximate surface area is 172 Å². The smallest absolute Gasteiger partial charge is 0.242 e. The number of sulfone groups is 1. The third-order valence-corrected chi connectivity index (χ3v) is 7.95. The fourth-order valence-electron chi connectivity index (χ4n) is 4.45. The SMILES string of the molecule is CCS(=O)(=O)c1ccc(-c2cc(C)nc(C3CCC4(CCN(C)C4=O)N3)c2)cc1. The van der Waals surface area contributed by atoms with Crippen molar-refractivity contribution >= 4 is 15.7 Å². The first-order valence-corrected chi connectivity index (χ1v) is 11.7. The van der Waals surface area contributed by atoms with Crippen molar-refractivity contribution < 1.29 is 13.2 Å². The minimum absolute atomic E-state index is 0.0452. The molecule has 154 valence electrons. The summed E-state index contributed by atoms with van der Waals surface area (Å²) in [6.45, 7) is 4.40. The predicted molar refractivity (Wildman–Crippen MR) is 112 cm³/mol. The normalized spacial score (nSPS) is 24.6. The molecule has 29 heavy (non-hydrogen) atoms. The monoisotopic (exact) mass is 413 g/mol. The van der Waals surface area contributed by atoms with E-state index in [1.165, 1.54) is 0 Å². The Balaban J connectivity index is 1.61. The number of carbonyl (C=O) groups excluding carboxylic acids is 1. The minimum atomic E-state index is -3.21. The molecule has 2 saturated heterocycles. The Hall–Kier alpha value is -2.25. The molecule has 4 rings (SSSR count). The first-order valence-electron chi connectivity index (χ1n) is 10.1. The summed E-state index contributed by atoms with van der Waals surface area (Å²) in [7, 11) is -1.35. The number of nitrogens with one attached hydrogen (secondary N) is 1. The number of carbonyl (C=O) groups is 1. The van der Waals surface area contributed by atoms with Crippen molar-refractivity contribution in [1.29, 1.82) is 0 Å². The molecule has 0 bridgehead atoms. The molecule has 1 aromatic carbocycles. The molecule has 1 spiro atoms. The number of likely N-dealkylation sites (N-methyl/N-ethyl adjacent to an activating group) is 1. The molecule has 2 unspecified atom stereocenters. The van der Waals surface area contributed by atoms with E-state index in [1.54, 1.807) is 24.0 Å². The maximum absolute atomic E-state index is 12.6. The van der Waals surface area contributed by atoms with Crippen molar-refractivity contribution in [3.05, 3.63) is 47.8 Å². The van der Waals surface area contributed by atoms with Crippen LogP contribution in [0.3, 0.4) is 0 Å². The number of amides is 1. The maximum Gasteiger partial charge on any atom is 0.242 e. The van der Waals surface area contributed by atoms with Gasteiger partial charge in [0.2, 0.25) is 5.91 Å². The molecule has 2 aliphatic rings. The van der Waals surface area contributed by atoms with Gasteiger partial charge in [-0.2, -0.15) is 0 Å². The highest BCUT2D eigenvalue weighted by Gasteiger charge is 2.50. The summed E-state index contributed by atoms with van der Waals surface area (Å²) >= 11 is 0. The summed E-state index contributed by atoms with van der Waals surface area (Å²) in [4.78, 5) is 19.5. The molecular weight excluding hydrogens is 386 g/mol. The highest BCUT2D eigenvalue weighted by Crippen LogP contribution is 2.39. The van der Waals surface area contributed by atoms with Crippen LogP contribution >= 0.6 is 0 Å². The molecule has 2 fully saturated rings. The van der Waals surface area contributed by atoms with Crippen LogP contribution in [0.5, 0.6) is 0 Å². The third-order valence-electron chi connectivity index (χ3n) is 6.20. The van der Waals surface area contributed by atoms with Crippen molar-refractivity contribution in [3.8, 4) is 11.1 Å². The van der Waals surface area contributed by atoms with Gasteiger partial charge >= 0.3 is 0 Å². The van der Waals surface area contributed by atoms with Gasteiger partial charge in [-0.25, -0.2) is 8.42 Å². The van der Waals surface area contributed by atoms with Crippen LogP contribution in [0.1, 0.15) is 43.6 Å². The average Bonchev–Trinajstić information content (AvgIpc) is 3.27. The number of pyridine rings is 1. The first kappa shape index (κ1) is 20.0. The lowest BCUT2D eigenvalue weighted by Gasteiger charge is -2.23. The molecule has 0 radical (unpaired) electrons. The second-order valence-electron chi connectivity index (χ2n) is 8.14. The van der Waals surface area contributed by atoms with Crippen LogP contribution in [-0.4, -0.2) is 49.1 Å². The van der Waals surface area contributed by atoms with E-state index in [2.05, 4.69) is 11.4 Å². The van der Waals surface area contributed by atoms with Crippen LogP contribution in [-0.2, 0) is 14.6 Å². The molecule has 1 amide bonds. The summed E-state index contributed by atoms with van der Waals surface area (Å²) < 4.78 is 24.1. The van der Waals surface area contributed by atoms with E-state index in [0.717, 1.165) is 48.3 Å². The zero-order valence-electron chi connectivity index (χ0n) is 17.1. The quantitative estimate of drug-likeness (QED) is 0.834. The predicted octanol–water partition coefficient (Wildman–Crippen LogP) is 2.88. The summed E-state index contributed by atoms with van der Waals surface area (Å²) in [5.41, 5.74) is 3.35. The fraction of sp³-hybridized carbons (Fsp3) is 0.455. The van der Waals surface area contributed by atoms with Crippen molar-refractivity contribution in [1.82, 2.24) is 15.2 Å². The molecule has 7 heteroatoms. The lowest BCUT2D eigenvalue weighted by molar-refractivity contribution is -0.131. The zero-order chi connectivity index (χ0) is 20.8. The van der Waals surface area contributed by atoms with Crippen molar-refractivity contribution in [3.63, 3.8) is 0 Å². The van der Waals surface area contributed by atoms with E-state index in [9.17, 15) is 13.2 Å². The number of hydrogen-bond acceptors (Lipinski definition) is 5. The van der Waals surface area contributed by atoms with E-state index in [4.69, 9.17) is 4.98 Å². The average molecular weight is 414 g/mol. The van der Waals surface area contributed by atoms with Gasteiger partial charge in [-0.05, 0) is 61.6 Å². The highest BCUT2D eigenvalue weighted by atomic mass is 32.2. The Morgan fingerprint density at radius 2 is 1.90 bits per heavy atom. The second kappa shape index (κ2) is 7.22. The Kier molecular flexibility index (Phi) is 4.99. The molecule has 0 aliphatic carbocycles. The van der Waals surface area contributed by atoms with Crippen LogP contribution in [0.15, 0.2) is 41.3 Å². The lowest BCUT2D eigenvalue weighted by atomic mass is 9.96. The topological polar surface area (TPSA) is 79.4 Å². The van der Waals surface area contributed by atoms with Crippen LogP contribution in [0, 0.1) is 6.92 Å². The standard InChI is InChI=1S/C22H27N3O3S/c1-4-29(27,28)18-7-5-16(6-8-18)17-13-15(2)23-20(14-17)19-9-10-22(24-19)11-12-25(3)21(22)26/h5-8,13-14,19,24H,4,9-12H2,1-3H3. The second-order valence-corrected chi connectivity index (χ2v) is 10.4. The van der Waals surface area contributed by atoms with Gasteiger partial charge in [-0.1, -0.05) is 19.1 Å². The van der Waals surface area contributed by atoms with Gasteiger partial charge in [0, 0.05) is 19.3 Å². The van der Waals surface area contributed by atoms with E-state index >= 15 is 0 Å². The summed E-state index contributed by atoms with van der Waals surface area (Å²) in [6.07, 6.45) is 2.55. The van der Waals surface area contributed by atoms with Gasteiger partial charge in [-0.3, -0.25) is 15.1 Å². The molecule has 6 nitrogen and oxygen atoms in total. The van der Waals surface area contributed by atoms with E-state index < -0.39 is 15.4 Å². The van der Waals surface area contributed by atoms with Crippen molar-refractivity contribution in [2.75, 3.05) is 19.3 Å². The number of hydrogen-bond donors (Lipinski definition) is 1. The summed E-state index contributed by atoms with van der Waals surface area (Å²) in [5.74, 6) is 0.272. The van der Waals surface area contributed by atoms with E-state index in [-0.39, 0.29) is 17.7 Å². The number of aromatic nitrogens is 1. The Bertz CT molecular complexity index is 1050. The molecule has 1 N–H and O–H groups in total. The molecule has 2 aromatic rings. The molecule has 2 aliphatic heterocycles. The number of aryl methyl sites for hydroxylation is 1. The van der Waals surface area contributed by atoms with Gasteiger partial charge in [0.15, 0.2) is 9.84 Å². The van der Waals surface area contributed by atoms with Crippen molar-refractivity contribution in [2.24, 2.45) is 0 Å². The fourth-order valence-corrected chi connectivity index (χ4v) is 5.33. The molecule has 1 aromatic heterocycles.